The highest BCUT2D eigenvalue weighted by molar-refractivity contribution is 6.09. The van der Waals surface area contributed by atoms with Crippen molar-refractivity contribution < 1.29 is 18.7 Å². The molecule has 1 aliphatic heterocycles. The van der Waals surface area contributed by atoms with Crippen LogP contribution >= 0.6 is 0 Å². The fraction of sp³-hybridized carbons (Fsp3) is 0.364. The second-order valence-electron chi connectivity index (χ2n) is 7.54. The molecule has 154 valence electrons. The number of methoxy groups -OCH3 is 1. The quantitative estimate of drug-likeness (QED) is 0.785. The Morgan fingerprint density at radius 1 is 1.00 bits per heavy atom. The molecular weight excluding hydrogens is 373 g/mol. The van der Waals surface area contributed by atoms with E-state index in [0.29, 0.717) is 31.9 Å². The number of anilines is 2. The maximum absolute atomic E-state index is 13.0. The molecular formula is C22H26FN3O3. The molecule has 6 nitrogen and oxygen atoms in total. The fourth-order valence-corrected chi connectivity index (χ4v) is 3.35. The van der Waals surface area contributed by atoms with Gasteiger partial charge < -0.3 is 19.9 Å². The van der Waals surface area contributed by atoms with Crippen molar-refractivity contribution in [1.82, 2.24) is 4.90 Å². The van der Waals surface area contributed by atoms with Crippen LogP contribution in [0.1, 0.15) is 13.8 Å². The number of amides is 2. The number of hydrogen-bond acceptors (Lipinski definition) is 4. The lowest BCUT2D eigenvalue weighted by Gasteiger charge is -2.39. The van der Waals surface area contributed by atoms with Crippen LogP contribution in [-0.4, -0.2) is 50.0 Å². The number of halogens is 1. The summed E-state index contributed by atoms with van der Waals surface area (Å²) in [5, 5.41) is 2.70. The molecule has 1 heterocycles. The summed E-state index contributed by atoms with van der Waals surface area (Å²) in [7, 11) is 1.64. The van der Waals surface area contributed by atoms with E-state index in [-0.39, 0.29) is 11.7 Å². The van der Waals surface area contributed by atoms with Gasteiger partial charge in [-0.25, -0.2) is 4.39 Å². The average molecular weight is 399 g/mol. The molecule has 1 saturated heterocycles. The second-order valence-corrected chi connectivity index (χ2v) is 7.54. The van der Waals surface area contributed by atoms with Crippen molar-refractivity contribution in [3.05, 3.63) is 54.3 Å². The monoisotopic (exact) mass is 399 g/mol. The largest absolute Gasteiger partial charge is 0.495 e. The van der Waals surface area contributed by atoms with E-state index >= 15 is 0 Å². The van der Waals surface area contributed by atoms with Crippen molar-refractivity contribution in [2.24, 2.45) is 5.41 Å². The van der Waals surface area contributed by atoms with E-state index in [1.807, 2.05) is 24.3 Å². The summed E-state index contributed by atoms with van der Waals surface area (Å²) in [5.41, 5.74) is 0.217. The van der Waals surface area contributed by atoms with Gasteiger partial charge in [-0.2, -0.15) is 0 Å². The third-order valence-electron chi connectivity index (χ3n) is 5.20. The first-order valence-electron chi connectivity index (χ1n) is 9.57. The van der Waals surface area contributed by atoms with Crippen LogP contribution in [-0.2, 0) is 9.59 Å². The van der Waals surface area contributed by atoms with E-state index in [1.54, 1.807) is 25.9 Å². The van der Waals surface area contributed by atoms with Gasteiger partial charge in [0.25, 0.3) is 0 Å². The fourth-order valence-electron chi connectivity index (χ4n) is 3.35. The first-order chi connectivity index (χ1) is 13.8. The molecule has 1 N–H and O–H groups in total. The second kappa shape index (κ2) is 8.51. The molecule has 0 spiro atoms. The molecule has 0 saturated carbocycles. The average Bonchev–Trinajstić information content (AvgIpc) is 2.74. The molecule has 1 aliphatic rings. The van der Waals surface area contributed by atoms with Crippen LogP contribution in [0.25, 0.3) is 0 Å². The SMILES string of the molecule is COc1ccccc1N1CCN(C(=O)C(C)(C)C(=O)Nc2ccc(F)cc2)CC1. The van der Waals surface area contributed by atoms with Crippen LogP contribution in [0.15, 0.2) is 48.5 Å². The predicted octanol–water partition coefficient (Wildman–Crippen LogP) is 3.15. The van der Waals surface area contributed by atoms with Gasteiger partial charge in [-0.05, 0) is 50.2 Å². The smallest absolute Gasteiger partial charge is 0.239 e. The summed E-state index contributed by atoms with van der Waals surface area (Å²) in [5.74, 6) is -0.226. The summed E-state index contributed by atoms with van der Waals surface area (Å²) < 4.78 is 18.5. The van der Waals surface area contributed by atoms with E-state index in [4.69, 9.17) is 4.74 Å². The van der Waals surface area contributed by atoms with Gasteiger partial charge in [-0.3, -0.25) is 9.59 Å². The van der Waals surface area contributed by atoms with Gasteiger partial charge in [0, 0.05) is 31.9 Å². The highest BCUT2D eigenvalue weighted by Crippen LogP contribution is 2.29. The van der Waals surface area contributed by atoms with Crippen LogP contribution in [0, 0.1) is 11.2 Å². The van der Waals surface area contributed by atoms with Gasteiger partial charge in [-0.1, -0.05) is 12.1 Å². The van der Waals surface area contributed by atoms with Gasteiger partial charge in [0.1, 0.15) is 17.0 Å². The Balaban J connectivity index is 1.62. The Hall–Kier alpha value is -3.09. The number of carbonyl (C=O) groups excluding carboxylic acids is 2. The Morgan fingerprint density at radius 3 is 2.24 bits per heavy atom. The lowest BCUT2D eigenvalue weighted by molar-refractivity contribution is -0.146. The Morgan fingerprint density at radius 2 is 1.62 bits per heavy atom. The van der Waals surface area contributed by atoms with E-state index < -0.39 is 11.3 Å². The number of rotatable bonds is 5. The molecule has 3 rings (SSSR count). The minimum Gasteiger partial charge on any atom is -0.495 e. The van der Waals surface area contributed by atoms with Gasteiger partial charge in [-0.15, -0.1) is 0 Å². The molecule has 0 unspecified atom stereocenters. The zero-order valence-corrected chi connectivity index (χ0v) is 16.9. The minimum absolute atomic E-state index is 0.225. The standard InChI is InChI=1S/C22H26FN3O3/c1-22(2,20(27)24-17-10-8-16(23)9-11-17)21(28)26-14-12-25(13-15-26)18-6-4-5-7-19(18)29-3/h4-11H,12-15H2,1-3H3,(H,24,27). The van der Waals surface area contributed by atoms with Crippen molar-refractivity contribution in [2.45, 2.75) is 13.8 Å². The van der Waals surface area contributed by atoms with Gasteiger partial charge >= 0.3 is 0 Å². The number of piperazine rings is 1. The normalized spacial score (nSPS) is 14.5. The molecule has 2 aromatic carbocycles. The van der Waals surface area contributed by atoms with Crippen LogP contribution in [0.5, 0.6) is 5.75 Å². The number of nitrogens with zero attached hydrogens (tertiary/aromatic N) is 2. The molecule has 1 fully saturated rings. The molecule has 0 bridgehead atoms. The van der Waals surface area contributed by atoms with Gasteiger partial charge in [0.15, 0.2) is 0 Å². The van der Waals surface area contributed by atoms with Crippen molar-refractivity contribution in [1.29, 1.82) is 0 Å². The molecule has 0 atom stereocenters. The zero-order valence-electron chi connectivity index (χ0n) is 16.9. The summed E-state index contributed by atoms with van der Waals surface area (Å²) in [6, 6.07) is 13.3. The minimum atomic E-state index is -1.24. The number of para-hydroxylation sites is 2. The van der Waals surface area contributed by atoms with Crippen molar-refractivity contribution in [2.75, 3.05) is 43.5 Å². The molecule has 2 amide bonds. The number of hydrogen-bond donors (Lipinski definition) is 1. The molecule has 29 heavy (non-hydrogen) atoms. The first kappa shape index (κ1) is 20.6. The van der Waals surface area contributed by atoms with E-state index in [2.05, 4.69) is 10.2 Å². The molecule has 0 radical (unpaired) electrons. The lowest BCUT2D eigenvalue weighted by Crippen LogP contribution is -2.54. The Labute approximate surface area is 170 Å². The van der Waals surface area contributed by atoms with Crippen LogP contribution in [0.4, 0.5) is 15.8 Å². The number of carbonyl (C=O) groups is 2. The lowest BCUT2D eigenvalue weighted by atomic mass is 9.89. The maximum atomic E-state index is 13.0. The Bertz CT molecular complexity index is 875. The topological polar surface area (TPSA) is 61.9 Å². The van der Waals surface area contributed by atoms with Gasteiger partial charge in [0.05, 0.1) is 12.8 Å². The zero-order chi connectivity index (χ0) is 21.0. The van der Waals surface area contributed by atoms with E-state index in [9.17, 15) is 14.0 Å². The predicted molar refractivity (Wildman–Crippen MR) is 111 cm³/mol. The highest BCUT2D eigenvalue weighted by atomic mass is 19.1. The summed E-state index contributed by atoms with van der Waals surface area (Å²) >= 11 is 0. The Kier molecular flexibility index (Phi) is 6.06. The van der Waals surface area contributed by atoms with Gasteiger partial charge in [0.2, 0.25) is 11.8 Å². The summed E-state index contributed by atoms with van der Waals surface area (Å²) in [6.45, 7) is 5.57. The van der Waals surface area contributed by atoms with Crippen molar-refractivity contribution >= 4 is 23.2 Å². The summed E-state index contributed by atoms with van der Waals surface area (Å²) in [6.07, 6.45) is 0. The molecule has 2 aromatic rings. The molecule has 7 heteroatoms. The first-order valence-corrected chi connectivity index (χ1v) is 9.57. The van der Waals surface area contributed by atoms with E-state index in [0.717, 1.165) is 11.4 Å². The molecule has 0 aliphatic carbocycles. The number of ether oxygens (including phenoxy) is 1. The van der Waals surface area contributed by atoms with Crippen LogP contribution < -0.4 is 15.0 Å². The van der Waals surface area contributed by atoms with Crippen molar-refractivity contribution in [3.8, 4) is 5.75 Å². The van der Waals surface area contributed by atoms with Crippen molar-refractivity contribution in [3.63, 3.8) is 0 Å². The maximum Gasteiger partial charge on any atom is 0.239 e. The van der Waals surface area contributed by atoms with Crippen LogP contribution in [0.2, 0.25) is 0 Å². The summed E-state index contributed by atoms with van der Waals surface area (Å²) in [4.78, 5) is 29.6. The van der Waals surface area contributed by atoms with E-state index in [1.165, 1.54) is 24.3 Å². The third-order valence-corrected chi connectivity index (χ3v) is 5.20. The molecule has 0 aromatic heterocycles. The third kappa shape index (κ3) is 4.50. The number of benzene rings is 2. The van der Waals surface area contributed by atoms with Crippen LogP contribution in [0.3, 0.4) is 0 Å². The highest BCUT2D eigenvalue weighted by Gasteiger charge is 2.40. The number of nitrogens with one attached hydrogen (secondary N) is 1.